The summed E-state index contributed by atoms with van der Waals surface area (Å²) in [5, 5.41) is 0. The molecule has 0 N–H and O–H groups in total. The third-order valence-corrected chi connectivity index (χ3v) is 13.0. The Balaban J connectivity index is 4.22. The third-order valence-electron chi connectivity index (χ3n) is 13.0. The fourth-order valence-corrected chi connectivity index (χ4v) is 8.37. The molecule has 6 heteroatoms. The van der Waals surface area contributed by atoms with Crippen molar-refractivity contribution in [2.24, 2.45) is 0 Å². The molecule has 0 aromatic heterocycles. The molecule has 0 fully saturated rings. The van der Waals surface area contributed by atoms with Crippen molar-refractivity contribution in [1.82, 2.24) is 0 Å². The first-order valence-corrected chi connectivity index (χ1v) is 31.8. The SMILES string of the molecule is CC/C=C\C/C=C\C/C=C\C/C=C\C/C=C\C/C=C\CCCCCCCCCCCCCCCCC(=O)OCC(COC(=O)CCCCCCC/C=C\CCC)OC(=O)CCC/C=C\C/C=C\C/C=C\C/C=C\C/C=C\CC. The van der Waals surface area contributed by atoms with E-state index in [1.807, 2.05) is 0 Å². The fourth-order valence-electron chi connectivity index (χ4n) is 8.37. The molecule has 78 heavy (non-hydrogen) atoms. The molecule has 0 heterocycles. The summed E-state index contributed by atoms with van der Waals surface area (Å²) in [5.41, 5.74) is 0. The third kappa shape index (κ3) is 62.1. The van der Waals surface area contributed by atoms with Gasteiger partial charge in [-0.3, -0.25) is 14.4 Å². The monoisotopic (exact) mass is 1080 g/mol. The number of ether oxygens (including phenoxy) is 3. The lowest BCUT2D eigenvalue weighted by atomic mass is 10.0. The lowest BCUT2D eigenvalue weighted by Crippen LogP contribution is -2.30. The van der Waals surface area contributed by atoms with Crippen LogP contribution in [0.3, 0.4) is 0 Å². The first-order valence-electron chi connectivity index (χ1n) is 31.8. The number of hydrogen-bond donors (Lipinski definition) is 0. The highest BCUT2D eigenvalue weighted by Gasteiger charge is 2.19. The molecule has 0 spiro atoms. The molecular weight excluding hydrogens is 961 g/mol. The number of carbonyl (C=O) groups excluding carboxylic acids is 3. The zero-order valence-corrected chi connectivity index (χ0v) is 50.4. The molecule has 1 atom stereocenters. The number of unbranched alkanes of at least 4 members (excludes halogenated alkanes) is 21. The van der Waals surface area contributed by atoms with Gasteiger partial charge in [0.15, 0.2) is 6.10 Å². The van der Waals surface area contributed by atoms with E-state index in [0.717, 1.165) is 135 Å². The van der Waals surface area contributed by atoms with Crippen LogP contribution in [0, 0.1) is 0 Å². The Bertz CT molecular complexity index is 1710. The fraction of sp³-hybridized carbons (Fsp3) is 0.625. The molecule has 0 saturated carbocycles. The summed E-state index contributed by atoms with van der Waals surface area (Å²) in [6, 6.07) is 0. The lowest BCUT2D eigenvalue weighted by molar-refractivity contribution is -0.167. The lowest BCUT2D eigenvalue weighted by Gasteiger charge is -2.18. The van der Waals surface area contributed by atoms with Crippen LogP contribution in [0.4, 0.5) is 0 Å². The van der Waals surface area contributed by atoms with Gasteiger partial charge in [-0.1, -0.05) is 269 Å². The minimum Gasteiger partial charge on any atom is -0.462 e. The van der Waals surface area contributed by atoms with E-state index >= 15 is 0 Å². The molecule has 0 saturated heterocycles. The Morgan fingerprint density at radius 2 is 0.513 bits per heavy atom. The maximum atomic E-state index is 12.8. The Labute approximate surface area is 480 Å². The summed E-state index contributed by atoms with van der Waals surface area (Å²) in [4.78, 5) is 38.1. The summed E-state index contributed by atoms with van der Waals surface area (Å²) in [6.45, 7) is 6.29. The van der Waals surface area contributed by atoms with Crippen LogP contribution in [-0.2, 0) is 28.6 Å². The van der Waals surface area contributed by atoms with Gasteiger partial charge in [0.2, 0.25) is 0 Å². The van der Waals surface area contributed by atoms with Crippen LogP contribution in [0.1, 0.15) is 271 Å². The average Bonchev–Trinajstić information content (AvgIpc) is 3.44. The van der Waals surface area contributed by atoms with Crippen molar-refractivity contribution in [3.63, 3.8) is 0 Å². The average molecular weight is 1080 g/mol. The molecule has 440 valence electrons. The minimum atomic E-state index is -0.815. The Morgan fingerprint density at radius 1 is 0.269 bits per heavy atom. The molecule has 0 aliphatic rings. The van der Waals surface area contributed by atoms with Crippen molar-refractivity contribution < 1.29 is 28.6 Å². The van der Waals surface area contributed by atoms with Crippen molar-refractivity contribution in [3.8, 4) is 0 Å². The summed E-state index contributed by atoms with van der Waals surface area (Å²) >= 11 is 0. The highest BCUT2D eigenvalue weighted by molar-refractivity contribution is 5.71. The van der Waals surface area contributed by atoms with Crippen LogP contribution < -0.4 is 0 Å². The van der Waals surface area contributed by atoms with Crippen LogP contribution in [0.15, 0.2) is 146 Å². The van der Waals surface area contributed by atoms with Crippen molar-refractivity contribution in [2.75, 3.05) is 13.2 Å². The van der Waals surface area contributed by atoms with E-state index in [0.29, 0.717) is 19.3 Å². The van der Waals surface area contributed by atoms with Crippen LogP contribution in [0.5, 0.6) is 0 Å². The zero-order valence-electron chi connectivity index (χ0n) is 50.4. The molecule has 0 amide bonds. The van der Waals surface area contributed by atoms with Crippen LogP contribution in [-0.4, -0.2) is 37.2 Å². The van der Waals surface area contributed by atoms with Gasteiger partial charge in [0.25, 0.3) is 0 Å². The first kappa shape index (κ1) is 73.3. The van der Waals surface area contributed by atoms with Crippen LogP contribution >= 0.6 is 0 Å². The summed E-state index contributed by atoms with van der Waals surface area (Å²) < 4.78 is 16.8. The molecule has 0 aliphatic carbocycles. The second-order valence-corrected chi connectivity index (χ2v) is 20.5. The topological polar surface area (TPSA) is 78.9 Å². The van der Waals surface area contributed by atoms with E-state index in [-0.39, 0.29) is 37.5 Å². The molecule has 0 rings (SSSR count). The maximum Gasteiger partial charge on any atom is 0.306 e. The largest absolute Gasteiger partial charge is 0.462 e. The van der Waals surface area contributed by atoms with Gasteiger partial charge in [0.05, 0.1) is 0 Å². The summed E-state index contributed by atoms with van der Waals surface area (Å²) in [7, 11) is 0. The number of allylic oxidation sites excluding steroid dienone is 24. The smallest absolute Gasteiger partial charge is 0.306 e. The van der Waals surface area contributed by atoms with Crippen LogP contribution in [0.2, 0.25) is 0 Å². The van der Waals surface area contributed by atoms with E-state index < -0.39 is 6.10 Å². The summed E-state index contributed by atoms with van der Waals surface area (Å²) in [6.07, 6.45) is 93.1. The van der Waals surface area contributed by atoms with Gasteiger partial charge in [-0.2, -0.15) is 0 Å². The van der Waals surface area contributed by atoms with Crippen molar-refractivity contribution in [3.05, 3.63) is 146 Å². The van der Waals surface area contributed by atoms with Gasteiger partial charge in [-0.25, -0.2) is 0 Å². The number of carbonyl (C=O) groups is 3. The second-order valence-electron chi connectivity index (χ2n) is 20.5. The summed E-state index contributed by atoms with van der Waals surface area (Å²) in [5.74, 6) is -0.979. The molecule has 0 radical (unpaired) electrons. The van der Waals surface area contributed by atoms with E-state index in [2.05, 4.69) is 167 Å². The predicted molar refractivity (Wildman–Crippen MR) is 339 cm³/mol. The van der Waals surface area contributed by atoms with Gasteiger partial charge in [0, 0.05) is 19.3 Å². The normalized spacial score (nSPS) is 13.1. The Kier molecular flexibility index (Phi) is 60.9. The van der Waals surface area contributed by atoms with Gasteiger partial charge in [-0.15, -0.1) is 0 Å². The molecule has 6 nitrogen and oxygen atoms in total. The number of esters is 3. The molecule has 0 bridgehead atoms. The number of rotatable bonds is 56. The maximum absolute atomic E-state index is 12.8. The molecular formula is C72H116O6. The quantitative estimate of drug-likeness (QED) is 0.0261. The molecule has 1 unspecified atom stereocenters. The van der Waals surface area contributed by atoms with Crippen LogP contribution in [0.25, 0.3) is 0 Å². The zero-order chi connectivity index (χ0) is 56.4. The second kappa shape index (κ2) is 64.8. The minimum absolute atomic E-state index is 0.107. The molecule has 0 aromatic rings. The predicted octanol–water partition coefficient (Wildman–Crippen LogP) is 21.9. The van der Waals surface area contributed by atoms with Gasteiger partial charge in [-0.05, 0) is 128 Å². The van der Waals surface area contributed by atoms with E-state index in [9.17, 15) is 14.4 Å². The highest BCUT2D eigenvalue weighted by Crippen LogP contribution is 2.15. The van der Waals surface area contributed by atoms with Crippen molar-refractivity contribution in [1.29, 1.82) is 0 Å². The Hall–Kier alpha value is -4.71. The Morgan fingerprint density at radius 3 is 0.833 bits per heavy atom. The molecule has 0 aromatic carbocycles. The van der Waals surface area contributed by atoms with Gasteiger partial charge in [0.1, 0.15) is 13.2 Å². The van der Waals surface area contributed by atoms with Gasteiger partial charge >= 0.3 is 17.9 Å². The standard InChI is InChI=1S/C72H116O6/c1-4-7-10-13-16-19-22-24-26-28-29-30-31-32-33-34-35-36-37-38-39-40-41-42-43-45-46-48-50-53-56-59-62-65-71(74)77-68-69(67-76-70(73)64-61-58-55-52-21-18-15-12-9-6-3)78-72(75)66-63-60-57-54-51-49-47-44-27-25-23-20-17-14-11-8-5-2/h7-8,10-12,15-17,19-20,24-27,29-30,32-33,35-36,47,49,54,57,69H,4-6,9,13-14,18,21-23,28,31,34,37-46,48,50-53,55-56,58-68H2,1-3H3/b10-7-,11-8-,15-12-,19-16-,20-17-,26-24-,27-25-,30-29-,33-32-,36-35-,49-47-,57-54-. The van der Waals surface area contributed by atoms with Gasteiger partial charge < -0.3 is 14.2 Å². The number of hydrogen-bond acceptors (Lipinski definition) is 6. The molecule has 0 aliphatic heterocycles. The van der Waals surface area contributed by atoms with E-state index in [4.69, 9.17) is 14.2 Å². The first-order chi connectivity index (χ1) is 38.5. The van der Waals surface area contributed by atoms with Crippen molar-refractivity contribution in [2.45, 2.75) is 277 Å². The van der Waals surface area contributed by atoms with E-state index in [1.165, 1.54) is 89.9 Å². The van der Waals surface area contributed by atoms with E-state index in [1.54, 1.807) is 0 Å². The van der Waals surface area contributed by atoms with Crippen molar-refractivity contribution >= 4 is 17.9 Å². The highest BCUT2D eigenvalue weighted by atomic mass is 16.6.